The summed E-state index contributed by atoms with van der Waals surface area (Å²) in [6, 6.07) is 3.32. The molecule has 2 rings (SSSR count). The third-order valence-corrected chi connectivity index (χ3v) is 3.54. The van der Waals surface area contributed by atoms with Crippen molar-refractivity contribution in [2.24, 2.45) is 5.41 Å². The molecule has 0 saturated carbocycles. The molecule has 0 radical (unpaired) electrons. The number of amides is 1. The summed E-state index contributed by atoms with van der Waals surface area (Å²) in [6.45, 7) is 3.23. The molecule has 1 aliphatic rings. The molecule has 1 aliphatic heterocycles. The highest BCUT2D eigenvalue weighted by Crippen LogP contribution is 2.38. The molecular weight excluding hydrogens is 286 g/mol. The van der Waals surface area contributed by atoms with Crippen LogP contribution in [0.1, 0.15) is 24.2 Å². The maximum Gasteiger partial charge on any atom is 0.237 e. The molecule has 0 fully saturated rings. The van der Waals surface area contributed by atoms with Gasteiger partial charge in [0.05, 0.1) is 17.3 Å². The number of carbonyl (C=O) groups is 2. The molecule has 0 aliphatic carbocycles. The summed E-state index contributed by atoms with van der Waals surface area (Å²) in [4.78, 5) is 24.0. The predicted molar refractivity (Wildman–Crippen MR) is 67.4 cm³/mol. The Hall–Kier alpha value is -1.36. The fraction of sp³-hybridized carbons (Fsp3) is 0.333. The van der Waals surface area contributed by atoms with Crippen molar-refractivity contribution in [1.82, 2.24) is 0 Å². The Morgan fingerprint density at radius 2 is 1.94 bits per heavy atom. The average molecular weight is 298 g/mol. The van der Waals surface area contributed by atoms with Crippen LogP contribution in [0, 0.1) is 5.41 Å². The zero-order chi connectivity index (χ0) is 12.8. The van der Waals surface area contributed by atoms with Crippen LogP contribution in [0.4, 0.5) is 5.69 Å². The summed E-state index contributed by atoms with van der Waals surface area (Å²) in [5, 5.41) is 2.72. The van der Waals surface area contributed by atoms with Gasteiger partial charge < -0.3 is 10.1 Å². The largest absolute Gasteiger partial charge is 0.495 e. The standard InChI is InChI=1S/C12H12BrNO3/c1-12(2)10(15)6-4-7(13)9(17-3)5-8(6)14-11(12)16/h4-5H,1-3H3,(H,14,16). The normalized spacial score (nSPS) is 17.4. The summed E-state index contributed by atoms with van der Waals surface area (Å²) in [5.41, 5.74) is -0.0252. The molecule has 5 heteroatoms. The lowest BCUT2D eigenvalue weighted by molar-refractivity contribution is -0.122. The number of nitrogens with one attached hydrogen (secondary N) is 1. The second kappa shape index (κ2) is 3.84. The van der Waals surface area contributed by atoms with Gasteiger partial charge in [-0.15, -0.1) is 0 Å². The van der Waals surface area contributed by atoms with Crippen molar-refractivity contribution in [3.05, 3.63) is 22.2 Å². The molecular formula is C12H12BrNO3. The van der Waals surface area contributed by atoms with Crippen molar-refractivity contribution in [2.45, 2.75) is 13.8 Å². The van der Waals surface area contributed by atoms with E-state index in [1.807, 2.05) is 0 Å². The van der Waals surface area contributed by atoms with Crippen LogP contribution in [0.2, 0.25) is 0 Å². The van der Waals surface area contributed by atoms with Crippen molar-refractivity contribution in [1.29, 1.82) is 0 Å². The van der Waals surface area contributed by atoms with Crippen molar-refractivity contribution < 1.29 is 14.3 Å². The van der Waals surface area contributed by atoms with E-state index in [1.165, 1.54) is 7.11 Å². The SMILES string of the molecule is COc1cc2c(cc1Br)C(=O)C(C)(C)C(=O)N2. The van der Waals surface area contributed by atoms with Gasteiger partial charge in [-0.1, -0.05) is 0 Å². The van der Waals surface area contributed by atoms with Gasteiger partial charge >= 0.3 is 0 Å². The summed E-state index contributed by atoms with van der Waals surface area (Å²) >= 11 is 3.33. The Kier molecular flexibility index (Phi) is 2.73. The van der Waals surface area contributed by atoms with E-state index in [9.17, 15) is 9.59 Å². The smallest absolute Gasteiger partial charge is 0.237 e. The van der Waals surface area contributed by atoms with Gasteiger partial charge in [0.25, 0.3) is 0 Å². The van der Waals surface area contributed by atoms with Crippen LogP contribution >= 0.6 is 15.9 Å². The molecule has 1 amide bonds. The Balaban J connectivity index is 2.62. The monoisotopic (exact) mass is 297 g/mol. The second-order valence-electron chi connectivity index (χ2n) is 4.44. The predicted octanol–water partition coefficient (Wildman–Crippen LogP) is 2.62. The van der Waals surface area contributed by atoms with Crippen LogP contribution < -0.4 is 10.1 Å². The van der Waals surface area contributed by atoms with Crippen molar-refractivity contribution >= 4 is 33.3 Å². The molecule has 0 atom stereocenters. The topological polar surface area (TPSA) is 55.4 Å². The van der Waals surface area contributed by atoms with Gasteiger partial charge in [0.2, 0.25) is 5.91 Å². The van der Waals surface area contributed by atoms with E-state index in [0.717, 1.165) is 0 Å². The van der Waals surface area contributed by atoms with Gasteiger partial charge in [0.15, 0.2) is 5.78 Å². The Labute approximate surface area is 107 Å². The van der Waals surface area contributed by atoms with Gasteiger partial charge in [-0.3, -0.25) is 9.59 Å². The molecule has 0 spiro atoms. The highest BCUT2D eigenvalue weighted by atomic mass is 79.9. The number of carbonyl (C=O) groups excluding carboxylic acids is 2. The molecule has 0 bridgehead atoms. The van der Waals surface area contributed by atoms with Gasteiger partial charge in [0, 0.05) is 11.6 Å². The fourth-order valence-electron chi connectivity index (χ4n) is 1.72. The molecule has 1 N–H and O–H groups in total. The minimum Gasteiger partial charge on any atom is -0.495 e. The molecule has 1 heterocycles. The van der Waals surface area contributed by atoms with Crippen LogP contribution in [-0.4, -0.2) is 18.8 Å². The van der Waals surface area contributed by atoms with Gasteiger partial charge in [-0.25, -0.2) is 0 Å². The van der Waals surface area contributed by atoms with Crippen LogP contribution in [0.25, 0.3) is 0 Å². The van der Waals surface area contributed by atoms with E-state index in [-0.39, 0.29) is 11.7 Å². The molecule has 90 valence electrons. The number of benzene rings is 1. The minimum atomic E-state index is -1.03. The first-order valence-electron chi connectivity index (χ1n) is 5.11. The van der Waals surface area contributed by atoms with E-state index >= 15 is 0 Å². The first-order chi connectivity index (χ1) is 7.87. The van der Waals surface area contributed by atoms with Crippen LogP contribution in [-0.2, 0) is 4.79 Å². The number of methoxy groups -OCH3 is 1. The highest BCUT2D eigenvalue weighted by Gasteiger charge is 2.42. The van der Waals surface area contributed by atoms with E-state index in [2.05, 4.69) is 21.2 Å². The number of Topliss-reactive ketones (excluding diaryl/α,β-unsaturated/α-hetero) is 1. The minimum absolute atomic E-state index is 0.181. The zero-order valence-electron chi connectivity index (χ0n) is 9.76. The maximum atomic E-state index is 12.2. The maximum absolute atomic E-state index is 12.2. The fourth-order valence-corrected chi connectivity index (χ4v) is 2.22. The Morgan fingerprint density at radius 3 is 2.53 bits per heavy atom. The molecule has 0 saturated heterocycles. The van der Waals surface area contributed by atoms with E-state index in [4.69, 9.17) is 4.74 Å². The van der Waals surface area contributed by atoms with Gasteiger partial charge in [-0.2, -0.15) is 0 Å². The lowest BCUT2D eigenvalue weighted by Gasteiger charge is -2.29. The average Bonchev–Trinajstić information content (AvgIpc) is 2.28. The molecule has 0 aromatic heterocycles. The number of hydrogen-bond acceptors (Lipinski definition) is 3. The third-order valence-electron chi connectivity index (χ3n) is 2.92. The number of anilines is 1. The molecule has 17 heavy (non-hydrogen) atoms. The summed E-state index contributed by atoms with van der Waals surface area (Å²) in [5.74, 6) is 0.107. The lowest BCUT2D eigenvalue weighted by Crippen LogP contribution is -2.42. The summed E-state index contributed by atoms with van der Waals surface area (Å²) in [7, 11) is 1.53. The van der Waals surface area contributed by atoms with Crippen LogP contribution in [0.5, 0.6) is 5.75 Å². The first kappa shape index (κ1) is 12.1. The van der Waals surface area contributed by atoms with Crippen molar-refractivity contribution in [2.75, 3.05) is 12.4 Å². The van der Waals surface area contributed by atoms with Crippen LogP contribution in [0.3, 0.4) is 0 Å². The third kappa shape index (κ3) is 1.74. The van der Waals surface area contributed by atoms with Gasteiger partial charge in [-0.05, 0) is 35.8 Å². The lowest BCUT2D eigenvalue weighted by atomic mass is 9.80. The Morgan fingerprint density at radius 1 is 1.29 bits per heavy atom. The molecule has 0 unspecified atom stereocenters. The van der Waals surface area contributed by atoms with Crippen molar-refractivity contribution in [3.8, 4) is 5.75 Å². The molecule has 1 aromatic rings. The number of fused-ring (bicyclic) bond motifs is 1. The quantitative estimate of drug-likeness (QED) is 0.811. The zero-order valence-corrected chi connectivity index (χ0v) is 11.3. The van der Waals surface area contributed by atoms with Crippen molar-refractivity contribution in [3.63, 3.8) is 0 Å². The van der Waals surface area contributed by atoms with Gasteiger partial charge in [0.1, 0.15) is 11.2 Å². The molecule has 1 aromatic carbocycles. The number of hydrogen-bond donors (Lipinski definition) is 1. The summed E-state index contributed by atoms with van der Waals surface area (Å²) < 4.78 is 5.82. The molecule has 4 nitrogen and oxygen atoms in total. The van der Waals surface area contributed by atoms with E-state index in [1.54, 1.807) is 26.0 Å². The summed E-state index contributed by atoms with van der Waals surface area (Å²) in [6.07, 6.45) is 0. The van der Waals surface area contributed by atoms with Crippen LogP contribution in [0.15, 0.2) is 16.6 Å². The Bertz CT molecular complexity index is 523. The number of halogens is 1. The number of rotatable bonds is 1. The van der Waals surface area contributed by atoms with E-state index < -0.39 is 5.41 Å². The first-order valence-corrected chi connectivity index (χ1v) is 5.91. The van der Waals surface area contributed by atoms with E-state index in [0.29, 0.717) is 21.5 Å². The highest BCUT2D eigenvalue weighted by molar-refractivity contribution is 9.10. The number of ether oxygens (including phenoxy) is 1. The second-order valence-corrected chi connectivity index (χ2v) is 5.29. The number of ketones is 1.